The highest BCUT2D eigenvalue weighted by atomic mass is 32.1. The van der Waals surface area contributed by atoms with E-state index >= 15 is 0 Å². The van der Waals surface area contributed by atoms with Gasteiger partial charge in [-0.05, 0) is 31.1 Å². The van der Waals surface area contributed by atoms with Gasteiger partial charge in [0.2, 0.25) is 0 Å². The molecule has 1 aliphatic rings. The molecule has 1 aromatic heterocycles. The van der Waals surface area contributed by atoms with Crippen molar-refractivity contribution >= 4 is 29.4 Å². The molecule has 1 aliphatic carbocycles. The average molecular weight is 310 g/mol. The summed E-state index contributed by atoms with van der Waals surface area (Å²) in [5, 5.41) is 15.0. The van der Waals surface area contributed by atoms with Crippen LogP contribution in [0.3, 0.4) is 0 Å². The van der Waals surface area contributed by atoms with E-state index in [-0.39, 0.29) is 5.88 Å². The number of rotatable bonds is 4. The molecule has 1 saturated carbocycles. The third kappa shape index (κ3) is 4.25. The molecule has 1 aromatic rings. The molecule has 0 aromatic carbocycles. The topological polar surface area (TPSA) is 83.9 Å². The van der Waals surface area contributed by atoms with Crippen molar-refractivity contribution in [2.24, 2.45) is 5.10 Å². The number of furan rings is 1. The van der Waals surface area contributed by atoms with Gasteiger partial charge in [-0.3, -0.25) is 15.5 Å². The van der Waals surface area contributed by atoms with E-state index in [1.165, 1.54) is 37.6 Å². The number of nitro groups is 1. The molecule has 114 valence electrons. The molecule has 0 spiro atoms. The summed E-state index contributed by atoms with van der Waals surface area (Å²) in [5.41, 5.74) is 2.76. The summed E-state index contributed by atoms with van der Waals surface area (Å²) < 4.78 is 4.96. The van der Waals surface area contributed by atoms with E-state index in [2.05, 4.69) is 10.5 Å². The van der Waals surface area contributed by atoms with Crippen molar-refractivity contribution < 1.29 is 9.34 Å². The standard InChI is InChI=1S/C13H18N4O3S/c1-16(10-5-3-2-4-6-10)13(21)15-14-9-11-7-8-12(20-11)17(18)19/h7-10H,2-6H2,1H3,(H,15,21)/b14-9-. The Kier molecular flexibility index (Phi) is 5.26. The van der Waals surface area contributed by atoms with Crippen molar-refractivity contribution in [1.29, 1.82) is 0 Å². The van der Waals surface area contributed by atoms with Gasteiger partial charge in [0, 0.05) is 13.1 Å². The van der Waals surface area contributed by atoms with Crippen LogP contribution >= 0.6 is 12.2 Å². The van der Waals surface area contributed by atoms with Crippen LogP contribution in [0.4, 0.5) is 5.88 Å². The van der Waals surface area contributed by atoms with E-state index in [1.807, 2.05) is 11.9 Å². The second kappa shape index (κ2) is 7.16. The molecule has 2 rings (SSSR count). The van der Waals surface area contributed by atoms with Crippen LogP contribution in [0.25, 0.3) is 0 Å². The second-order valence-electron chi connectivity index (χ2n) is 5.01. The molecule has 0 radical (unpaired) electrons. The van der Waals surface area contributed by atoms with Crippen molar-refractivity contribution in [3.63, 3.8) is 0 Å². The predicted octanol–water partition coefficient (Wildman–Crippen LogP) is 2.66. The molecule has 8 heteroatoms. The lowest BCUT2D eigenvalue weighted by Crippen LogP contribution is -2.42. The Hall–Kier alpha value is -1.96. The van der Waals surface area contributed by atoms with Crippen LogP contribution in [0.1, 0.15) is 37.9 Å². The van der Waals surface area contributed by atoms with Crippen molar-refractivity contribution in [3.8, 4) is 0 Å². The lowest BCUT2D eigenvalue weighted by Gasteiger charge is -2.32. The number of thiocarbonyl (C=S) groups is 1. The molecule has 0 saturated heterocycles. The van der Waals surface area contributed by atoms with Gasteiger partial charge in [-0.2, -0.15) is 5.10 Å². The Bertz CT molecular complexity index is 537. The molecule has 0 unspecified atom stereocenters. The minimum Gasteiger partial charge on any atom is -0.400 e. The molecule has 1 fully saturated rings. The number of nitrogens with zero attached hydrogens (tertiary/aromatic N) is 3. The maximum absolute atomic E-state index is 10.5. The molecule has 1 heterocycles. The molecule has 0 amide bonds. The molecule has 7 nitrogen and oxygen atoms in total. The molecular weight excluding hydrogens is 292 g/mol. The fourth-order valence-corrected chi connectivity index (χ4v) is 2.58. The summed E-state index contributed by atoms with van der Waals surface area (Å²) in [5.74, 6) is -0.00401. The quantitative estimate of drug-likeness (QED) is 0.398. The second-order valence-corrected chi connectivity index (χ2v) is 5.40. The number of hydrogen-bond donors (Lipinski definition) is 1. The van der Waals surface area contributed by atoms with Crippen molar-refractivity contribution in [2.45, 2.75) is 38.1 Å². The zero-order valence-electron chi connectivity index (χ0n) is 11.8. The van der Waals surface area contributed by atoms with Crippen LogP contribution in [0, 0.1) is 10.1 Å². The summed E-state index contributed by atoms with van der Waals surface area (Å²) in [6.07, 6.45) is 7.42. The molecule has 0 bridgehead atoms. The minimum absolute atomic E-state index is 0.303. The highest BCUT2D eigenvalue weighted by Gasteiger charge is 2.19. The first-order valence-corrected chi connectivity index (χ1v) is 7.29. The first-order chi connectivity index (χ1) is 10.1. The minimum atomic E-state index is -0.591. The van der Waals surface area contributed by atoms with Gasteiger partial charge in [0.25, 0.3) is 0 Å². The fourth-order valence-electron chi connectivity index (χ4n) is 2.37. The third-order valence-corrected chi connectivity index (χ3v) is 3.97. The first kappa shape index (κ1) is 15.4. The summed E-state index contributed by atoms with van der Waals surface area (Å²) in [6.45, 7) is 0. The van der Waals surface area contributed by atoms with Gasteiger partial charge < -0.3 is 9.32 Å². The largest absolute Gasteiger partial charge is 0.433 e. The van der Waals surface area contributed by atoms with Crippen molar-refractivity contribution in [2.75, 3.05) is 7.05 Å². The van der Waals surface area contributed by atoms with Gasteiger partial charge in [0.1, 0.15) is 4.92 Å². The fraction of sp³-hybridized carbons (Fsp3) is 0.538. The Morgan fingerprint density at radius 3 is 2.86 bits per heavy atom. The summed E-state index contributed by atoms with van der Waals surface area (Å²) in [7, 11) is 1.96. The molecule has 21 heavy (non-hydrogen) atoms. The van der Waals surface area contributed by atoms with E-state index in [1.54, 1.807) is 0 Å². The van der Waals surface area contributed by atoms with E-state index in [4.69, 9.17) is 16.6 Å². The van der Waals surface area contributed by atoms with Crippen molar-refractivity contribution in [3.05, 3.63) is 28.0 Å². The number of nitrogens with one attached hydrogen (secondary N) is 1. The lowest BCUT2D eigenvalue weighted by molar-refractivity contribution is -0.402. The van der Waals surface area contributed by atoms with E-state index in [0.29, 0.717) is 16.9 Å². The zero-order chi connectivity index (χ0) is 15.2. The Balaban J connectivity index is 1.84. The zero-order valence-corrected chi connectivity index (χ0v) is 12.6. The first-order valence-electron chi connectivity index (χ1n) is 6.88. The van der Waals surface area contributed by atoms with Crippen LogP contribution in [0.5, 0.6) is 0 Å². The normalized spacial score (nSPS) is 16.0. The molecule has 0 aliphatic heterocycles. The van der Waals surface area contributed by atoms with Crippen LogP contribution in [0.2, 0.25) is 0 Å². The summed E-state index contributed by atoms with van der Waals surface area (Å²) >= 11 is 5.28. The average Bonchev–Trinajstić information content (AvgIpc) is 2.96. The molecule has 1 N–H and O–H groups in total. The smallest absolute Gasteiger partial charge is 0.400 e. The third-order valence-electron chi connectivity index (χ3n) is 3.59. The summed E-state index contributed by atoms with van der Waals surface area (Å²) in [6, 6.07) is 3.23. The van der Waals surface area contributed by atoms with Gasteiger partial charge in [-0.15, -0.1) is 0 Å². The van der Waals surface area contributed by atoms with Crippen LogP contribution in [-0.4, -0.2) is 34.2 Å². The van der Waals surface area contributed by atoms with Crippen LogP contribution in [-0.2, 0) is 0 Å². The lowest BCUT2D eigenvalue weighted by atomic mass is 9.95. The maximum atomic E-state index is 10.5. The van der Waals surface area contributed by atoms with E-state index in [0.717, 1.165) is 12.8 Å². The van der Waals surface area contributed by atoms with Crippen molar-refractivity contribution in [1.82, 2.24) is 10.3 Å². The highest BCUT2D eigenvalue weighted by molar-refractivity contribution is 7.80. The molecular formula is C13H18N4O3S. The van der Waals surface area contributed by atoms with Gasteiger partial charge in [0.15, 0.2) is 10.9 Å². The predicted molar refractivity (Wildman–Crippen MR) is 83.3 cm³/mol. The monoisotopic (exact) mass is 310 g/mol. The maximum Gasteiger partial charge on any atom is 0.433 e. The Labute approximate surface area is 128 Å². The Morgan fingerprint density at radius 2 is 2.24 bits per heavy atom. The Morgan fingerprint density at radius 1 is 1.52 bits per heavy atom. The SMILES string of the molecule is CN(C(=S)N/N=C\c1ccc([N+](=O)[O-])o1)C1CCCCC1. The van der Waals surface area contributed by atoms with Gasteiger partial charge in [0.05, 0.1) is 12.3 Å². The van der Waals surface area contributed by atoms with Gasteiger partial charge in [-0.25, -0.2) is 0 Å². The number of hydrogen-bond acceptors (Lipinski definition) is 5. The van der Waals surface area contributed by atoms with Crippen LogP contribution < -0.4 is 5.43 Å². The van der Waals surface area contributed by atoms with E-state index < -0.39 is 4.92 Å². The van der Waals surface area contributed by atoms with Gasteiger partial charge >= 0.3 is 5.88 Å². The van der Waals surface area contributed by atoms with Crippen LogP contribution in [0.15, 0.2) is 21.7 Å². The van der Waals surface area contributed by atoms with Gasteiger partial charge in [-0.1, -0.05) is 19.3 Å². The number of hydrazone groups is 1. The molecule has 0 atom stereocenters. The van der Waals surface area contributed by atoms with E-state index in [9.17, 15) is 10.1 Å². The summed E-state index contributed by atoms with van der Waals surface area (Å²) in [4.78, 5) is 11.9. The highest BCUT2D eigenvalue weighted by Crippen LogP contribution is 2.21.